The second kappa shape index (κ2) is 10.9. The van der Waals surface area contributed by atoms with E-state index in [1.807, 2.05) is 32.0 Å². The van der Waals surface area contributed by atoms with Crippen LogP contribution >= 0.6 is 0 Å². The van der Waals surface area contributed by atoms with Crippen LogP contribution in [0.25, 0.3) is 17.1 Å². The molecule has 1 amide bonds. The second-order valence-electron chi connectivity index (χ2n) is 8.16. The molecular formula is C26H22F3N5O3. The molecule has 11 heteroatoms. The lowest BCUT2D eigenvalue weighted by atomic mass is 10.0. The molecule has 0 bridgehead atoms. The first-order valence-corrected chi connectivity index (χ1v) is 11.2. The van der Waals surface area contributed by atoms with Gasteiger partial charge in [0.15, 0.2) is 5.82 Å². The number of amides is 1. The number of para-hydroxylation sites is 1. The van der Waals surface area contributed by atoms with Gasteiger partial charge in [0.1, 0.15) is 12.1 Å². The Hall–Kier alpha value is -4.67. The summed E-state index contributed by atoms with van der Waals surface area (Å²) in [6, 6.07) is 19.8. The molecule has 4 aromatic rings. The molecule has 0 aliphatic carbocycles. The SMILES string of the molecule is CC(C)c1ccccc1NC(=O)O/N=C\c1ccc(-c2ncn(-c3ccc(OC(F)(F)F)cc3)n2)cc1. The van der Waals surface area contributed by atoms with Gasteiger partial charge in [-0.2, -0.15) is 0 Å². The minimum atomic E-state index is -4.75. The average molecular weight is 509 g/mol. The van der Waals surface area contributed by atoms with Crippen LogP contribution in [0, 0.1) is 0 Å². The van der Waals surface area contributed by atoms with Crippen LogP contribution in [0.5, 0.6) is 5.75 Å². The first kappa shape index (κ1) is 25.4. The molecule has 37 heavy (non-hydrogen) atoms. The van der Waals surface area contributed by atoms with E-state index in [1.54, 1.807) is 30.3 Å². The number of hydrogen-bond donors (Lipinski definition) is 1. The number of halogens is 3. The maximum atomic E-state index is 12.3. The fourth-order valence-electron chi connectivity index (χ4n) is 3.42. The van der Waals surface area contributed by atoms with Gasteiger partial charge in [0.2, 0.25) is 0 Å². The van der Waals surface area contributed by atoms with Gasteiger partial charge in [0.05, 0.1) is 11.9 Å². The normalized spacial score (nSPS) is 11.6. The molecule has 0 unspecified atom stereocenters. The summed E-state index contributed by atoms with van der Waals surface area (Å²) in [5.74, 6) is 0.326. The third-order valence-electron chi connectivity index (χ3n) is 5.15. The molecule has 8 nitrogen and oxygen atoms in total. The topological polar surface area (TPSA) is 90.6 Å². The number of nitrogens with zero attached hydrogens (tertiary/aromatic N) is 4. The van der Waals surface area contributed by atoms with Gasteiger partial charge in [-0.15, -0.1) is 18.3 Å². The van der Waals surface area contributed by atoms with E-state index in [4.69, 9.17) is 4.84 Å². The van der Waals surface area contributed by atoms with Crippen molar-refractivity contribution >= 4 is 18.0 Å². The lowest BCUT2D eigenvalue weighted by Gasteiger charge is -2.12. The van der Waals surface area contributed by atoms with Gasteiger partial charge in [0.25, 0.3) is 0 Å². The molecule has 0 fully saturated rings. The van der Waals surface area contributed by atoms with Crippen LogP contribution in [0.1, 0.15) is 30.9 Å². The Morgan fingerprint density at radius 2 is 1.73 bits per heavy atom. The summed E-state index contributed by atoms with van der Waals surface area (Å²) in [4.78, 5) is 21.2. The van der Waals surface area contributed by atoms with Crippen LogP contribution in [-0.2, 0) is 4.84 Å². The van der Waals surface area contributed by atoms with Crippen LogP contribution in [0.3, 0.4) is 0 Å². The summed E-state index contributed by atoms with van der Waals surface area (Å²) in [7, 11) is 0. The lowest BCUT2D eigenvalue weighted by Crippen LogP contribution is -2.17. The number of anilines is 1. The standard InChI is InChI=1S/C26H22F3N5O3/c1-17(2)22-5-3-4-6-23(22)32-25(35)37-31-15-18-7-9-19(10-8-18)24-30-16-34(33-24)20-11-13-21(14-12-20)36-26(27,28)29/h3-17H,1-2H3,(H,32,35)/b31-15-. The van der Waals surface area contributed by atoms with E-state index >= 15 is 0 Å². The van der Waals surface area contributed by atoms with E-state index < -0.39 is 12.5 Å². The third-order valence-corrected chi connectivity index (χ3v) is 5.15. The van der Waals surface area contributed by atoms with Crippen LogP contribution in [0.4, 0.5) is 23.7 Å². The maximum Gasteiger partial charge on any atom is 0.573 e. The first-order chi connectivity index (χ1) is 17.7. The van der Waals surface area contributed by atoms with Crippen molar-refractivity contribution in [3.05, 3.63) is 90.3 Å². The molecule has 0 aliphatic rings. The van der Waals surface area contributed by atoms with Crippen molar-refractivity contribution in [1.82, 2.24) is 14.8 Å². The zero-order chi connectivity index (χ0) is 26.4. The number of ether oxygens (including phenoxy) is 1. The number of benzene rings is 3. The summed E-state index contributed by atoms with van der Waals surface area (Å²) >= 11 is 0. The van der Waals surface area contributed by atoms with Crippen molar-refractivity contribution < 1.29 is 27.5 Å². The number of alkyl halides is 3. The van der Waals surface area contributed by atoms with E-state index in [2.05, 4.69) is 25.3 Å². The van der Waals surface area contributed by atoms with Gasteiger partial charge < -0.3 is 4.74 Å². The number of oxime groups is 1. The van der Waals surface area contributed by atoms with Crippen molar-refractivity contribution in [1.29, 1.82) is 0 Å². The molecule has 4 rings (SSSR count). The molecule has 0 spiro atoms. The van der Waals surface area contributed by atoms with Crippen molar-refractivity contribution in [3.8, 4) is 22.8 Å². The molecule has 0 atom stereocenters. The molecule has 1 aromatic heterocycles. The zero-order valence-corrected chi connectivity index (χ0v) is 19.8. The van der Waals surface area contributed by atoms with Crippen LogP contribution in [-0.4, -0.2) is 33.4 Å². The van der Waals surface area contributed by atoms with E-state index in [0.717, 1.165) is 5.56 Å². The molecule has 1 heterocycles. The molecule has 190 valence electrons. The van der Waals surface area contributed by atoms with Gasteiger partial charge in [0, 0.05) is 11.3 Å². The fraction of sp³-hybridized carbons (Fsp3) is 0.154. The van der Waals surface area contributed by atoms with E-state index in [1.165, 1.54) is 41.5 Å². The van der Waals surface area contributed by atoms with Gasteiger partial charge in [-0.05, 0) is 47.4 Å². The van der Waals surface area contributed by atoms with Gasteiger partial charge in [-0.3, -0.25) is 10.2 Å². The molecule has 3 aromatic carbocycles. The molecule has 0 radical (unpaired) electrons. The first-order valence-electron chi connectivity index (χ1n) is 11.2. The summed E-state index contributed by atoms with van der Waals surface area (Å²) in [6.07, 6.45) is -2.60. The smallest absolute Gasteiger partial charge is 0.406 e. The largest absolute Gasteiger partial charge is 0.573 e. The van der Waals surface area contributed by atoms with Gasteiger partial charge >= 0.3 is 12.5 Å². The Morgan fingerprint density at radius 1 is 1.03 bits per heavy atom. The van der Waals surface area contributed by atoms with E-state index in [-0.39, 0.29) is 11.7 Å². The molecule has 0 saturated heterocycles. The molecular weight excluding hydrogens is 487 g/mol. The van der Waals surface area contributed by atoms with Crippen molar-refractivity contribution in [2.45, 2.75) is 26.1 Å². The molecule has 1 N–H and O–H groups in total. The fourth-order valence-corrected chi connectivity index (χ4v) is 3.42. The summed E-state index contributed by atoms with van der Waals surface area (Å²) in [6.45, 7) is 4.06. The number of carbonyl (C=O) groups is 1. The number of nitrogens with one attached hydrogen (secondary N) is 1. The van der Waals surface area contributed by atoms with Gasteiger partial charge in [-0.25, -0.2) is 14.5 Å². The Morgan fingerprint density at radius 3 is 2.41 bits per heavy atom. The summed E-state index contributed by atoms with van der Waals surface area (Å²) in [5.41, 5.74) is 3.56. The molecule has 0 saturated carbocycles. The predicted molar refractivity (Wildman–Crippen MR) is 132 cm³/mol. The monoisotopic (exact) mass is 509 g/mol. The second-order valence-corrected chi connectivity index (χ2v) is 8.16. The number of aromatic nitrogens is 3. The van der Waals surface area contributed by atoms with Gasteiger partial charge in [-0.1, -0.05) is 61.5 Å². The minimum absolute atomic E-state index is 0.234. The van der Waals surface area contributed by atoms with Crippen molar-refractivity contribution in [2.75, 3.05) is 5.32 Å². The highest BCUT2D eigenvalue weighted by molar-refractivity contribution is 5.87. The Balaban J connectivity index is 1.35. The lowest BCUT2D eigenvalue weighted by molar-refractivity contribution is -0.274. The Kier molecular flexibility index (Phi) is 7.52. The van der Waals surface area contributed by atoms with Crippen LogP contribution in [0.2, 0.25) is 0 Å². The number of carbonyl (C=O) groups excluding carboxylic acids is 1. The highest BCUT2D eigenvalue weighted by Gasteiger charge is 2.31. The summed E-state index contributed by atoms with van der Waals surface area (Å²) < 4.78 is 42.3. The number of hydrogen-bond acceptors (Lipinski definition) is 6. The van der Waals surface area contributed by atoms with Crippen LogP contribution in [0.15, 0.2) is 84.3 Å². The van der Waals surface area contributed by atoms with Crippen molar-refractivity contribution in [3.63, 3.8) is 0 Å². The number of rotatable bonds is 7. The zero-order valence-electron chi connectivity index (χ0n) is 19.8. The molecule has 0 aliphatic heterocycles. The third kappa shape index (κ3) is 6.94. The minimum Gasteiger partial charge on any atom is -0.406 e. The average Bonchev–Trinajstić information content (AvgIpc) is 3.34. The highest BCUT2D eigenvalue weighted by Crippen LogP contribution is 2.25. The predicted octanol–water partition coefficient (Wildman–Crippen LogP) is 6.54. The van der Waals surface area contributed by atoms with Crippen LogP contribution < -0.4 is 10.1 Å². The Labute approximate surface area is 210 Å². The quantitative estimate of drug-likeness (QED) is 0.174. The van der Waals surface area contributed by atoms with Crippen molar-refractivity contribution in [2.24, 2.45) is 5.16 Å². The maximum absolute atomic E-state index is 12.3. The van der Waals surface area contributed by atoms with E-state index in [0.29, 0.717) is 28.3 Å². The summed E-state index contributed by atoms with van der Waals surface area (Å²) in [5, 5.41) is 10.8. The van der Waals surface area contributed by atoms with E-state index in [9.17, 15) is 18.0 Å². The Bertz CT molecular complexity index is 1380. The highest BCUT2D eigenvalue weighted by atomic mass is 19.4.